The van der Waals surface area contributed by atoms with Gasteiger partial charge in [-0.25, -0.2) is 4.99 Å². The molecule has 0 amide bonds. The molecule has 0 spiro atoms. The molecule has 0 saturated carbocycles. The number of hydrogen-bond donors (Lipinski definition) is 0. The molecule has 0 bridgehead atoms. The Morgan fingerprint density at radius 3 is 2.26 bits per heavy atom. The van der Waals surface area contributed by atoms with E-state index in [4.69, 9.17) is 18.0 Å². The van der Waals surface area contributed by atoms with Gasteiger partial charge in [0.1, 0.15) is 29.7 Å². The van der Waals surface area contributed by atoms with Crippen LogP contribution < -0.4 is 4.74 Å². The molecule has 0 aliphatic carbocycles. The molecule has 0 aliphatic rings. The van der Waals surface area contributed by atoms with Crippen LogP contribution >= 0.6 is 15.9 Å². The van der Waals surface area contributed by atoms with Gasteiger partial charge in [0.25, 0.3) is 0 Å². The van der Waals surface area contributed by atoms with Crippen molar-refractivity contribution in [3.63, 3.8) is 0 Å². The number of hydrogen-bond acceptors (Lipinski definition) is 6. The Kier molecular flexibility index (Phi) is 6.15. The van der Waals surface area contributed by atoms with E-state index in [-0.39, 0.29) is 11.4 Å². The van der Waals surface area contributed by atoms with E-state index < -0.39 is 0 Å². The van der Waals surface area contributed by atoms with E-state index in [1.807, 2.05) is 48.5 Å². The molecule has 2 aromatic carbocycles. The molecule has 0 saturated heterocycles. The van der Waals surface area contributed by atoms with Gasteiger partial charge in [0, 0.05) is 10.7 Å². The molecule has 34 heavy (non-hydrogen) atoms. The third kappa shape index (κ3) is 4.58. The van der Waals surface area contributed by atoms with E-state index in [0.717, 1.165) is 21.3 Å². The smallest absolute Gasteiger partial charge is 0.238 e. The Balaban J connectivity index is 1.37. The Hall–Kier alpha value is -4.28. The van der Waals surface area contributed by atoms with Crippen molar-refractivity contribution in [3.05, 3.63) is 106 Å². The number of benzene rings is 2. The van der Waals surface area contributed by atoms with Crippen LogP contribution in [0.5, 0.6) is 5.75 Å². The van der Waals surface area contributed by atoms with Gasteiger partial charge in [-0.2, -0.15) is 5.26 Å². The minimum atomic E-state index is 0.177. The molecule has 6 nitrogen and oxygen atoms in total. The molecule has 3 aromatic heterocycles. The average Bonchev–Trinajstić information content (AvgIpc) is 3.63. The van der Waals surface area contributed by atoms with Crippen LogP contribution in [0.4, 0.5) is 5.88 Å². The van der Waals surface area contributed by atoms with Gasteiger partial charge in [-0.15, -0.1) is 0 Å². The minimum Gasteiger partial charge on any atom is -0.489 e. The lowest BCUT2D eigenvalue weighted by molar-refractivity contribution is 0.306. The van der Waals surface area contributed by atoms with Crippen LogP contribution in [0.1, 0.15) is 16.7 Å². The van der Waals surface area contributed by atoms with Gasteiger partial charge in [0.05, 0.1) is 18.1 Å². The van der Waals surface area contributed by atoms with Crippen LogP contribution in [0.2, 0.25) is 0 Å². The predicted octanol–water partition coefficient (Wildman–Crippen LogP) is 7.76. The number of nitrogens with zero attached hydrogens (tertiary/aromatic N) is 2. The Bertz CT molecular complexity index is 1440. The molecular formula is C27H17BrN2O4. The van der Waals surface area contributed by atoms with Crippen molar-refractivity contribution in [1.82, 2.24) is 0 Å². The summed E-state index contributed by atoms with van der Waals surface area (Å²) in [5, 5.41) is 9.84. The molecule has 0 N–H and O–H groups in total. The lowest BCUT2D eigenvalue weighted by Crippen LogP contribution is -1.95. The molecule has 166 valence electrons. The van der Waals surface area contributed by atoms with Crippen LogP contribution in [0.15, 0.2) is 108 Å². The normalized spacial score (nSPS) is 11.1. The molecule has 0 fully saturated rings. The summed E-state index contributed by atoms with van der Waals surface area (Å²) in [5.74, 6) is 2.30. The number of ether oxygens (including phenoxy) is 1. The summed E-state index contributed by atoms with van der Waals surface area (Å²) in [6.07, 6.45) is 4.72. The summed E-state index contributed by atoms with van der Waals surface area (Å²) < 4.78 is 23.8. The molecule has 5 aromatic rings. The van der Waals surface area contributed by atoms with Crippen LogP contribution in [-0.2, 0) is 6.61 Å². The molecule has 5 rings (SSSR count). The maximum absolute atomic E-state index is 9.84. The fraction of sp³-hybridized carbons (Fsp3) is 0.0370. The van der Waals surface area contributed by atoms with Gasteiger partial charge < -0.3 is 18.0 Å². The minimum absolute atomic E-state index is 0.177. The SMILES string of the molecule is N#Cc1c(N=Cc2ccc(OCc3ccc(Br)cc3)cc2)oc(-c2ccco2)c1-c1ccco1. The third-order valence-corrected chi connectivity index (χ3v) is 5.57. The Labute approximate surface area is 203 Å². The van der Waals surface area contributed by atoms with Crippen LogP contribution in [0.25, 0.3) is 22.8 Å². The zero-order chi connectivity index (χ0) is 23.3. The van der Waals surface area contributed by atoms with Gasteiger partial charge in [0.15, 0.2) is 11.5 Å². The van der Waals surface area contributed by atoms with E-state index in [1.54, 1.807) is 43.0 Å². The second-order valence-corrected chi connectivity index (χ2v) is 8.21. The quantitative estimate of drug-likeness (QED) is 0.208. The lowest BCUT2D eigenvalue weighted by atomic mass is 10.1. The highest BCUT2D eigenvalue weighted by Gasteiger charge is 2.25. The van der Waals surface area contributed by atoms with E-state index >= 15 is 0 Å². The zero-order valence-electron chi connectivity index (χ0n) is 17.8. The van der Waals surface area contributed by atoms with E-state index in [9.17, 15) is 5.26 Å². The summed E-state index contributed by atoms with van der Waals surface area (Å²) in [5.41, 5.74) is 2.68. The largest absolute Gasteiger partial charge is 0.489 e. The maximum Gasteiger partial charge on any atom is 0.238 e. The fourth-order valence-electron chi connectivity index (χ4n) is 3.38. The maximum atomic E-state index is 9.84. The highest BCUT2D eigenvalue weighted by molar-refractivity contribution is 9.10. The highest BCUT2D eigenvalue weighted by atomic mass is 79.9. The second kappa shape index (κ2) is 9.69. The second-order valence-electron chi connectivity index (χ2n) is 7.30. The average molecular weight is 513 g/mol. The van der Waals surface area contributed by atoms with Crippen LogP contribution in [0, 0.1) is 11.3 Å². The first kappa shape index (κ1) is 21.6. The first-order valence-electron chi connectivity index (χ1n) is 10.4. The van der Waals surface area contributed by atoms with Gasteiger partial charge >= 0.3 is 0 Å². The van der Waals surface area contributed by atoms with Crippen molar-refractivity contribution in [3.8, 4) is 34.7 Å². The van der Waals surface area contributed by atoms with Crippen molar-refractivity contribution in [2.45, 2.75) is 6.61 Å². The summed E-state index contributed by atoms with van der Waals surface area (Å²) in [6.45, 7) is 0.476. The summed E-state index contributed by atoms with van der Waals surface area (Å²) >= 11 is 3.43. The topological polar surface area (TPSA) is 84.8 Å². The summed E-state index contributed by atoms with van der Waals surface area (Å²) in [6, 6.07) is 24.7. The molecular weight excluding hydrogens is 496 g/mol. The van der Waals surface area contributed by atoms with Gasteiger partial charge in [0.2, 0.25) is 5.88 Å². The number of aliphatic imine (C=N–C) groups is 1. The fourth-order valence-corrected chi connectivity index (χ4v) is 3.65. The zero-order valence-corrected chi connectivity index (χ0v) is 19.4. The third-order valence-electron chi connectivity index (χ3n) is 5.04. The van der Waals surface area contributed by atoms with E-state index in [2.05, 4.69) is 27.0 Å². The van der Waals surface area contributed by atoms with Crippen molar-refractivity contribution >= 4 is 28.0 Å². The number of halogens is 1. The number of nitriles is 1. The van der Waals surface area contributed by atoms with Crippen molar-refractivity contribution in [2.24, 2.45) is 4.99 Å². The van der Waals surface area contributed by atoms with Gasteiger partial charge in [-0.3, -0.25) is 0 Å². The van der Waals surface area contributed by atoms with E-state index in [1.165, 1.54) is 0 Å². The number of furan rings is 3. The van der Waals surface area contributed by atoms with Gasteiger partial charge in [-0.1, -0.05) is 28.1 Å². The Morgan fingerprint density at radius 2 is 1.62 bits per heavy atom. The molecule has 0 atom stereocenters. The first-order valence-corrected chi connectivity index (χ1v) is 11.2. The van der Waals surface area contributed by atoms with Crippen molar-refractivity contribution < 1.29 is 18.0 Å². The first-order chi connectivity index (χ1) is 16.7. The lowest BCUT2D eigenvalue weighted by Gasteiger charge is -2.06. The predicted molar refractivity (Wildman–Crippen MR) is 131 cm³/mol. The molecule has 7 heteroatoms. The monoisotopic (exact) mass is 512 g/mol. The number of rotatable bonds is 7. The van der Waals surface area contributed by atoms with Crippen molar-refractivity contribution in [1.29, 1.82) is 5.26 Å². The molecule has 3 heterocycles. The van der Waals surface area contributed by atoms with Crippen LogP contribution in [-0.4, -0.2) is 6.21 Å². The molecule has 0 unspecified atom stereocenters. The molecule has 0 aliphatic heterocycles. The highest BCUT2D eigenvalue weighted by Crippen LogP contribution is 2.42. The Morgan fingerprint density at radius 1 is 0.912 bits per heavy atom. The van der Waals surface area contributed by atoms with Crippen LogP contribution in [0.3, 0.4) is 0 Å². The van der Waals surface area contributed by atoms with Gasteiger partial charge in [-0.05, 0) is 71.8 Å². The van der Waals surface area contributed by atoms with Crippen molar-refractivity contribution in [2.75, 3.05) is 0 Å². The molecule has 0 radical (unpaired) electrons. The summed E-state index contributed by atoms with van der Waals surface area (Å²) in [7, 11) is 0. The standard InChI is InChI=1S/C27H17BrN2O4/c28-20-9-5-19(6-10-20)17-33-21-11-7-18(8-12-21)16-30-27-22(15-29)25(23-3-1-13-31-23)26(34-27)24-4-2-14-32-24/h1-14,16H,17H2. The van der Waals surface area contributed by atoms with E-state index in [0.29, 0.717) is 29.5 Å². The summed E-state index contributed by atoms with van der Waals surface area (Å²) in [4.78, 5) is 4.44.